The van der Waals surface area contributed by atoms with Gasteiger partial charge in [-0.3, -0.25) is 0 Å². The van der Waals surface area contributed by atoms with E-state index in [1.807, 2.05) is 31.1 Å². The van der Waals surface area contributed by atoms with Gasteiger partial charge in [-0.25, -0.2) is 4.98 Å². The van der Waals surface area contributed by atoms with Gasteiger partial charge in [-0.15, -0.1) is 0 Å². The van der Waals surface area contributed by atoms with Gasteiger partial charge in [0.05, 0.1) is 0 Å². The van der Waals surface area contributed by atoms with Gasteiger partial charge < -0.3 is 14.6 Å². The molecule has 1 aromatic heterocycles. The third kappa shape index (κ3) is 4.90. The Kier molecular flexibility index (Phi) is 7.09. The maximum atomic E-state index is 5.31. The lowest BCUT2D eigenvalue weighted by atomic mass is 10.4. The summed E-state index contributed by atoms with van der Waals surface area (Å²) in [5.74, 6) is 2.07. The lowest BCUT2D eigenvalue weighted by Crippen LogP contribution is -2.11. The number of ether oxygens (including phenoxy) is 1. The van der Waals surface area contributed by atoms with Crippen LogP contribution in [0.15, 0.2) is 12.4 Å². The molecule has 0 unspecified atom stereocenters. The fourth-order valence-electron chi connectivity index (χ4n) is 1.40. The summed E-state index contributed by atoms with van der Waals surface area (Å²) in [6.07, 6.45) is 6.98. The minimum atomic E-state index is 0.794. The first-order valence-corrected chi connectivity index (χ1v) is 7.09. The third-order valence-corrected chi connectivity index (χ3v) is 2.81. The van der Waals surface area contributed by atoms with Crippen LogP contribution in [0.25, 0.3) is 0 Å². The SMILES string of the molecule is CCOCCCn1ccnc1NCCSC. The molecule has 0 saturated heterocycles. The van der Waals surface area contributed by atoms with Crippen molar-refractivity contribution in [1.29, 1.82) is 0 Å². The molecule has 0 bridgehead atoms. The van der Waals surface area contributed by atoms with Gasteiger partial charge in [0.25, 0.3) is 0 Å². The van der Waals surface area contributed by atoms with Crippen LogP contribution < -0.4 is 5.32 Å². The van der Waals surface area contributed by atoms with Crippen molar-refractivity contribution in [3.05, 3.63) is 12.4 Å². The van der Waals surface area contributed by atoms with E-state index in [2.05, 4.69) is 21.1 Å². The molecule has 1 aromatic rings. The Morgan fingerprint density at radius 2 is 2.44 bits per heavy atom. The van der Waals surface area contributed by atoms with Gasteiger partial charge in [0, 0.05) is 44.4 Å². The van der Waals surface area contributed by atoms with Gasteiger partial charge in [0.1, 0.15) is 0 Å². The van der Waals surface area contributed by atoms with Crippen LogP contribution in [0.1, 0.15) is 13.3 Å². The second-order valence-corrected chi connectivity index (χ2v) is 4.40. The smallest absolute Gasteiger partial charge is 0.202 e. The van der Waals surface area contributed by atoms with E-state index in [4.69, 9.17) is 4.74 Å². The van der Waals surface area contributed by atoms with Crippen molar-refractivity contribution in [2.24, 2.45) is 0 Å². The summed E-state index contributed by atoms with van der Waals surface area (Å²) in [4.78, 5) is 4.29. The van der Waals surface area contributed by atoms with Gasteiger partial charge in [0.2, 0.25) is 5.95 Å². The van der Waals surface area contributed by atoms with Crippen LogP contribution in [0.3, 0.4) is 0 Å². The summed E-state index contributed by atoms with van der Waals surface area (Å²) in [5.41, 5.74) is 0. The molecule has 0 saturated carbocycles. The number of nitrogens with zero attached hydrogens (tertiary/aromatic N) is 2. The largest absolute Gasteiger partial charge is 0.382 e. The molecule has 0 aromatic carbocycles. The molecule has 1 rings (SSSR count). The number of hydrogen-bond acceptors (Lipinski definition) is 4. The zero-order chi connectivity index (χ0) is 11.6. The first-order valence-electron chi connectivity index (χ1n) is 5.70. The van der Waals surface area contributed by atoms with Crippen LogP contribution >= 0.6 is 11.8 Å². The van der Waals surface area contributed by atoms with Gasteiger partial charge in [0.15, 0.2) is 0 Å². The number of hydrogen-bond donors (Lipinski definition) is 1. The molecule has 5 heteroatoms. The molecule has 0 radical (unpaired) electrons. The zero-order valence-electron chi connectivity index (χ0n) is 10.1. The Labute approximate surface area is 102 Å². The predicted molar refractivity (Wildman–Crippen MR) is 70.2 cm³/mol. The highest BCUT2D eigenvalue weighted by molar-refractivity contribution is 7.98. The average molecular weight is 243 g/mol. The molecular formula is C11H21N3OS. The summed E-state index contributed by atoms with van der Waals surface area (Å²) in [6, 6.07) is 0. The maximum Gasteiger partial charge on any atom is 0.202 e. The van der Waals surface area contributed by atoms with Crippen molar-refractivity contribution < 1.29 is 4.74 Å². The number of thioether (sulfide) groups is 1. The summed E-state index contributed by atoms with van der Waals surface area (Å²) in [7, 11) is 0. The number of imidazole rings is 1. The van der Waals surface area contributed by atoms with E-state index >= 15 is 0 Å². The molecule has 1 N–H and O–H groups in total. The monoisotopic (exact) mass is 243 g/mol. The Bertz CT molecular complexity index is 278. The third-order valence-electron chi connectivity index (χ3n) is 2.20. The van der Waals surface area contributed by atoms with Crippen LogP contribution in [0.5, 0.6) is 0 Å². The molecule has 0 fully saturated rings. The molecular weight excluding hydrogens is 222 g/mol. The molecule has 1 heterocycles. The number of rotatable bonds is 9. The van der Waals surface area contributed by atoms with E-state index < -0.39 is 0 Å². The highest BCUT2D eigenvalue weighted by Crippen LogP contribution is 2.05. The molecule has 0 aliphatic rings. The quantitative estimate of drug-likeness (QED) is 0.674. The zero-order valence-corrected chi connectivity index (χ0v) is 10.9. The van der Waals surface area contributed by atoms with E-state index in [-0.39, 0.29) is 0 Å². The van der Waals surface area contributed by atoms with Gasteiger partial charge in [-0.2, -0.15) is 11.8 Å². The topological polar surface area (TPSA) is 39.1 Å². The molecule has 92 valence electrons. The lowest BCUT2D eigenvalue weighted by Gasteiger charge is -2.09. The Morgan fingerprint density at radius 3 is 3.19 bits per heavy atom. The van der Waals surface area contributed by atoms with Crippen LogP contribution in [0.2, 0.25) is 0 Å². The van der Waals surface area contributed by atoms with Gasteiger partial charge >= 0.3 is 0 Å². The van der Waals surface area contributed by atoms with Crippen molar-refractivity contribution in [2.45, 2.75) is 19.9 Å². The summed E-state index contributed by atoms with van der Waals surface area (Å²) < 4.78 is 7.45. The second kappa shape index (κ2) is 8.47. The van der Waals surface area contributed by atoms with E-state index in [0.717, 1.165) is 44.4 Å². The molecule has 0 aliphatic carbocycles. The molecule has 0 aliphatic heterocycles. The molecule has 0 spiro atoms. The number of nitrogens with one attached hydrogen (secondary N) is 1. The highest BCUT2D eigenvalue weighted by atomic mass is 32.2. The summed E-state index contributed by atoms with van der Waals surface area (Å²) in [5, 5.41) is 3.33. The fraction of sp³-hybridized carbons (Fsp3) is 0.727. The van der Waals surface area contributed by atoms with Crippen LogP contribution in [-0.4, -0.2) is 41.3 Å². The van der Waals surface area contributed by atoms with Crippen molar-refractivity contribution in [2.75, 3.05) is 37.1 Å². The minimum absolute atomic E-state index is 0.794. The molecule has 0 amide bonds. The van der Waals surface area contributed by atoms with Crippen molar-refractivity contribution >= 4 is 17.7 Å². The second-order valence-electron chi connectivity index (χ2n) is 3.41. The summed E-state index contributed by atoms with van der Waals surface area (Å²) in [6.45, 7) is 5.56. The average Bonchev–Trinajstić information content (AvgIpc) is 2.73. The standard InChI is InChI=1S/C11H21N3OS/c1-3-15-9-4-7-14-8-5-12-11(14)13-6-10-16-2/h5,8H,3-4,6-7,9-10H2,1-2H3,(H,12,13). The number of aryl methyl sites for hydroxylation is 1. The van der Waals surface area contributed by atoms with Crippen molar-refractivity contribution in [3.8, 4) is 0 Å². The van der Waals surface area contributed by atoms with Crippen LogP contribution in [0.4, 0.5) is 5.95 Å². The minimum Gasteiger partial charge on any atom is -0.382 e. The number of anilines is 1. The Morgan fingerprint density at radius 1 is 1.56 bits per heavy atom. The van der Waals surface area contributed by atoms with Crippen molar-refractivity contribution in [1.82, 2.24) is 9.55 Å². The fourth-order valence-corrected chi connectivity index (χ4v) is 1.71. The molecule has 16 heavy (non-hydrogen) atoms. The Hall–Kier alpha value is -0.680. The molecule has 4 nitrogen and oxygen atoms in total. The Balaban J connectivity index is 2.26. The highest BCUT2D eigenvalue weighted by Gasteiger charge is 2.00. The van der Waals surface area contributed by atoms with Gasteiger partial charge in [-0.1, -0.05) is 0 Å². The molecule has 0 atom stereocenters. The first-order chi connectivity index (χ1) is 7.88. The van der Waals surface area contributed by atoms with Crippen LogP contribution in [-0.2, 0) is 11.3 Å². The van der Waals surface area contributed by atoms with E-state index in [9.17, 15) is 0 Å². The maximum absolute atomic E-state index is 5.31. The summed E-state index contributed by atoms with van der Waals surface area (Å²) >= 11 is 1.83. The lowest BCUT2D eigenvalue weighted by molar-refractivity contribution is 0.142. The first kappa shape index (κ1) is 13.4. The van der Waals surface area contributed by atoms with Crippen LogP contribution in [0, 0.1) is 0 Å². The normalized spacial score (nSPS) is 10.6. The number of aromatic nitrogens is 2. The predicted octanol–water partition coefficient (Wildman–Crippen LogP) is 2.08. The van der Waals surface area contributed by atoms with Crippen molar-refractivity contribution in [3.63, 3.8) is 0 Å². The van der Waals surface area contributed by atoms with Gasteiger partial charge in [-0.05, 0) is 19.6 Å². The van der Waals surface area contributed by atoms with E-state index in [1.54, 1.807) is 0 Å². The van der Waals surface area contributed by atoms with E-state index in [1.165, 1.54) is 0 Å². The van der Waals surface area contributed by atoms with E-state index in [0.29, 0.717) is 0 Å².